The summed E-state index contributed by atoms with van der Waals surface area (Å²) in [7, 11) is 7.29. The van der Waals surface area contributed by atoms with Crippen LogP contribution in [0.4, 0.5) is 0 Å². The molecule has 0 N–H and O–H groups in total. The summed E-state index contributed by atoms with van der Waals surface area (Å²) in [6.07, 6.45) is 14.5. The van der Waals surface area contributed by atoms with Crippen LogP contribution < -0.4 is 0 Å². The van der Waals surface area contributed by atoms with Crippen molar-refractivity contribution in [3.8, 4) is 0 Å². The van der Waals surface area contributed by atoms with E-state index in [9.17, 15) is 0 Å². The van der Waals surface area contributed by atoms with Crippen molar-refractivity contribution in [1.29, 1.82) is 0 Å². The molecule has 2 saturated carbocycles. The van der Waals surface area contributed by atoms with E-state index in [-0.39, 0.29) is 10.8 Å². The summed E-state index contributed by atoms with van der Waals surface area (Å²) in [4.78, 5) is 0. The van der Waals surface area contributed by atoms with Crippen molar-refractivity contribution in [2.24, 2.45) is 10.8 Å². The van der Waals surface area contributed by atoms with Gasteiger partial charge in [0.25, 0.3) is 0 Å². The molecule has 0 spiro atoms. The summed E-state index contributed by atoms with van der Waals surface area (Å²) >= 11 is -0.556. The molecule has 5 heteroatoms. The van der Waals surface area contributed by atoms with Crippen LogP contribution in [0.1, 0.15) is 27.7 Å². The summed E-state index contributed by atoms with van der Waals surface area (Å²) in [6, 6.07) is 0. The topological polar surface area (TPSA) is 0 Å². The van der Waals surface area contributed by atoms with Gasteiger partial charge in [0.2, 0.25) is 0 Å². The fourth-order valence-electron chi connectivity index (χ4n) is 3.32. The van der Waals surface area contributed by atoms with E-state index < -0.39 is 33.2 Å². The van der Waals surface area contributed by atoms with Crippen LogP contribution in [0.3, 0.4) is 0 Å². The zero-order valence-corrected chi connectivity index (χ0v) is 23.8. The van der Waals surface area contributed by atoms with E-state index in [1.165, 1.54) is 11.8 Å². The van der Waals surface area contributed by atoms with Gasteiger partial charge in [0.1, 0.15) is 0 Å². The summed E-state index contributed by atoms with van der Waals surface area (Å²) in [5, 5.41) is 0. The molecule has 0 heterocycles. The van der Waals surface area contributed by atoms with Crippen molar-refractivity contribution in [2.45, 2.75) is 67.0 Å². The van der Waals surface area contributed by atoms with Crippen LogP contribution >= 0.6 is 18.6 Å². The van der Waals surface area contributed by atoms with Crippen molar-refractivity contribution in [3.05, 3.63) is 61.4 Å². The Balaban J connectivity index is 0.00000114. The molecule has 0 saturated heterocycles. The van der Waals surface area contributed by atoms with Gasteiger partial charge in [-0.05, 0) is 72.3 Å². The van der Waals surface area contributed by atoms with Gasteiger partial charge in [-0.3, -0.25) is 0 Å². The Kier molecular flexibility index (Phi) is 9.81. The SMILES string of the molecule is CC(C)([C]1[CH][CH][C]([Si](C)(C)C)[CH]1)C(C)(C)[C]1[CH][CH][C]([Si](C)(C)C)[CH]1.[Cl][Ti][Cl]. The normalized spacial score (nSPS) is 22.1. The zero-order valence-electron chi connectivity index (χ0n) is 18.7. The van der Waals surface area contributed by atoms with Crippen LogP contribution in [0.5, 0.6) is 0 Å². The molecule has 0 bridgehead atoms. The van der Waals surface area contributed by atoms with Crippen LogP contribution in [-0.2, 0) is 17.0 Å². The molecule has 0 aliphatic heterocycles. The first-order chi connectivity index (χ1) is 12.1. The molecule has 0 unspecified atom stereocenters. The van der Waals surface area contributed by atoms with Gasteiger partial charge in [-0.25, -0.2) is 0 Å². The first-order valence-electron chi connectivity index (χ1n) is 9.60. The third kappa shape index (κ3) is 6.60. The average molecular weight is 475 g/mol. The molecule has 0 atom stereocenters. The molecule has 2 fully saturated rings. The first kappa shape index (κ1) is 26.8. The second-order valence-electron chi connectivity index (χ2n) is 10.6. The second kappa shape index (κ2) is 9.90. The average Bonchev–Trinajstić information content (AvgIpc) is 3.17. The fraction of sp³-hybridized carbons (Fsp3) is 0.545. The molecule has 0 aromatic carbocycles. The second-order valence-corrected chi connectivity index (χ2v) is 23.3. The van der Waals surface area contributed by atoms with Crippen LogP contribution in [0.2, 0.25) is 39.3 Å². The monoisotopic (exact) mass is 474 g/mol. The third-order valence-corrected chi connectivity index (χ3v) is 10.3. The molecule has 2 aliphatic rings. The minimum absolute atomic E-state index is 0.107. The number of halogens is 2. The molecule has 27 heavy (non-hydrogen) atoms. The van der Waals surface area contributed by atoms with Crippen molar-refractivity contribution in [1.82, 2.24) is 0 Å². The van der Waals surface area contributed by atoms with Crippen molar-refractivity contribution in [2.75, 3.05) is 0 Å². The van der Waals surface area contributed by atoms with Gasteiger partial charge in [-0.15, -0.1) is 0 Å². The molecule has 0 aromatic rings. The molecule has 0 amide bonds. The van der Waals surface area contributed by atoms with E-state index in [0.717, 1.165) is 0 Å². The third-order valence-electron chi connectivity index (χ3n) is 6.24. The minimum atomic E-state index is -1.24. The summed E-state index contributed by atoms with van der Waals surface area (Å²) in [5.41, 5.74) is 3.37. The number of hydrogen-bond acceptors (Lipinski definition) is 0. The molecule has 0 aromatic heterocycles. The van der Waals surface area contributed by atoms with Crippen molar-refractivity contribution < 1.29 is 17.0 Å². The fourth-order valence-corrected chi connectivity index (χ4v) is 5.66. The van der Waals surface area contributed by atoms with Crippen LogP contribution in [-0.4, -0.2) is 16.1 Å². The molecule has 150 valence electrons. The molecule has 2 rings (SSSR count). The molecule has 10 radical (unpaired) electrons. The zero-order chi connectivity index (χ0) is 21.3. The number of hydrogen-bond donors (Lipinski definition) is 0. The predicted molar refractivity (Wildman–Crippen MR) is 125 cm³/mol. The molecule has 2 aliphatic carbocycles. The summed E-state index contributed by atoms with van der Waals surface area (Å²) in [5.74, 6) is 2.97. The van der Waals surface area contributed by atoms with Gasteiger partial charge in [-0.1, -0.05) is 67.0 Å². The van der Waals surface area contributed by atoms with Gasteiger partial charge in [0, 0.05) is 0 Å². The Morgan fingerprint density at radius 1 is 0.630 bits per heavy atom. The molecule has 0 nitrogen and oxygen atoms in total. The maximum absolute atomic E-state index is 4.89. The van der Waals surface area contributed by atoms with Crippen LogP contribution in [0, 0.1) is 72.3 Å². The Morgan fingerprint density at radius 2 is 0.889 bits per heavy atom. The Bertz CT molecular complexity index is 424. The van der Waals surface area contributed by atoms with Gasteiger partial charge < -0.3 is 0 Å². The van der Waals surface area contributed by atoms with E-state index in [2.05, 4.69) is 106 Å². The summed E-state index contributed by atoms with van der Waals surface area (Å²) < 4.78 is 0. The van der Waals surface area contributed by atoms with Crippen LogP contribution in [0.25, 0.3) is 0 Å². The van der Waals surface area contributed by atoms with Crippen molar-refractivity contribution >= 4 is 34.8 Å². The van der Waals surface area contributed by atoms with E-state index in [4.69, 9.17) is 18.6 Å². The van der Waals surface area contributed by atoms with Gasteiger partial charge >= 0.3 is 35.6 Å². The van der Waals surface area contributed by atoms with E-state index >= 15 is 0 Å². The first-order valence-corrected chi connectivity index (χ1v) is 20.9. The predicted octanol–water partition coefficient (Wildman–Crippen LogP) is 7.72. The quantitative estimate of drug-likeness (QED) is 0.357. The molecular formula is C22H36Cl2Si2Ti. The van der Waals surface area contributed by atoms with E-state index in [1.807, 2.05) is 0 Å². The van der Waals surface area contributed by atoms with Gasteiger partial charge in [0.15, 0.2) is 0 Å². The van der Waals surface area contributed by atoms with Crippen molar-refractivity contribution in [3.63, 3.8) is 0 Å². The summed E-state index contributed by atoms with van der Waals surface area (Å²) in [6.45, 7) is 24.3. The number of rotatable bonds is 5. The standard InChI is InChI=1S/C22H36Si2.2ClH.Ti/c1-21(2,17-11-13-19(15-17)23(5,6)7)22(3,4)18-12-14-20(16-18)24(8,9)10;;;/h11-16H,1-10H3;2*1H;/q;;;+2/p-2. The van der Waals surface area contributed by atoms with E-state index in [0.29, 0.717) is 0 Å². The van der Waals surface area contributed by atoms with Gasteiger partial charge in [0.05, 0.1) is 16.1 Å². The Labute approximate surface area is 190 Å². The van der Waals surface area contributed by atoms with E-state index in [1.54, 1.807) is 11.1 Å². The Hall–Kier alpha value is 1.73. The Morgan fingerprint density at radius 3 is 1.07 bits per heavy atom. The van der Waals surface area contributed by atoms with Gasteiger partial charge in [-0.2, -0.15) is 0 Å². The van der Waals surface area contributed by atoms with Crippen LogP contribution in [0.15, 0.2) is 0 Å². The molecular weight excluding hydrogens is 439 g/mol. The maximum atomic E-state index is 4.89.